The largest absolute Gasteiger partial charge is 0.449 e. The summed E-state index contributed by atoms with van der Waals surface area (Å²) in [6.45, 7) is 0. The molecule has 0 aliphatic heterocycles. The molecular formula is C16H13BO. The van der Waals surface area contributed by atoms with Crippen LogP contribution in [-0.4, -0.2) is 12.5 Å². The fourth-order valence-electron chi connectivity index (χ4n) is 2.27. The monoisotopic (exact) mass is 232 g/mol. The molecule has 0 saturated heterocycles. The highest BCUT2D eigenvalue weighted by atomic mass is 16.2. The second-order valence-electron chi connectivity index (χ2n) is 4.38. The number of hydrogen-bond donors (Lipinski definition) is 1. The molecule has 3 aromatic rings. The Morgan fingerprint density at radius 3 is 2.22 bits per heavy atom. The molecule has 0 aliphatic rings. The highest BCUT2D eigenvalue weighted by molar-refractivity contribution is 6.45. The standard InChI is InChI=1S/C16H13BO/c18-17-14-10-8-13(9-11-14)16-7-3-5-12-4-1-2-6-15(12)16/h1-11,17-18H. The Hall–Kier alpha value is -2.06. The van der Waals surface area contributed by atoms with Crippen molar-refractivity contribution in [2.75, 3.05) is 0 Å². The zero-order chi connectivity index (χ0) is 12.4. The second-order valence-corrected chi connectivity index (χ2v) is 4.38. The fraction of sp³-hybridized carbons (Fsp3) is 0. The van der Waals surface area contributed by atoms with Crippen molar-refractivity contribution < 1.29 is 5.02 Å². The van der Waals surface area contributed by atoms with Gasteiger partial charge in [0, 0.05) is 0 Å². The van der Waals surface area contributed by atoms with E-state index < -0.39 is 0 Å². The Labute approximate surface area is 107 Å². The maximum atomic E-state index is 9.07. The van der Waals surface area contributed by atoms with E-state index >= 15 is 0 Å². The van der Waals surface area contributed by atoms with Crippen molar-refractivity contribution >= 4 is 23.7 Å². The zero-order valence-corrected chi connectivity index (χ0v) is 10.0. The first-order chi connectivity index (χ1) is 8.88. The third kappa shape index (κ3) is 1.91. The Morgan fingerprint density at radius 1 is 0.722 bits per heavy atom. The third-order valence-electron chi connectivity index (χ3n) is 3.24. The average molecular weight is 232 g/mol. The fourth-order valence-corrected chi connectivity index (χ4v) is 2.27. The van der Waals surface area contributed by atoms with Crippen molar-refractivity contribution in [1.29, 1.82) is 0 Å². The lowest BCUT2D eigenvalue weighted by atomic mass is 9.87. The van der Waals surface area contributed by atoms with Crippen LogP contribution in [0.2, 0.25) is 0 Å². The molecule has 0 spiro atoms. The summed E-state index contributed by atoms with van der Waals surface area (Å²) in [5.41, 5.74) is 3.36. The molecule has 0 bridgehead atoms. The summed E-state index contributed by atoms with van der Waals surface area (Å²) in [5.74, 6) is 0. The first-order valence-electron chi connectivity index (χ1n) is 6.06. The number of hydrogen-bond acceptors (Lipinski definition) is 1. The molecule has 1 nitrogen and oxygen atoms in total. The van der Waals surface area contributed by atoms with Crippen LogP contribution in [0.5, 0.6) is 0 Å². The molecule has 0 saturated carbocycles. The summed E-state index contributed by atoms with van der Waals surface area (Å²) < 4.78 is 0. The van der Waals surface area contributed by atoms with Crippen LogP contribution in [-0.2, 0) is 0 Å². The zero-order valence-electron chi connectivity index (χ0n) is 10.0. The van der Waals surface area contributed by atoms with Crippen molar-refractivity contribution in [3.05, 3.63) is 66.7 Å². The molecule has 0 fully saturated rings. The molecule has 3 aromatic carbocycles. The number of rotatable bonds is 2. The summed E-state index contributed by atoms with van der Waals surface area (Å²) in [5, 5.41) is 11.6. The minimum absolute atomic E-state index is 0.0931. The second kappa shape index (κ2) is 4.67. The summed E-state index contributed by atoms with van der Waals surface area (Å²) >= 11 is 0. The van der Waals surface area contributed by atoms with Crippen molar-refractivity contribution in [3.8, 4) is 11.1 Å². The molecule has 86 valence electrons. The van der Waals surface area contributed by atoms with E-state index in [1.807, 2.05) is 12.1 Å². The van der Waals surface area contributed by atoms with Crippen LogP contribution < -0.4 is 5.46 Å². The number of fused-ring (bicyclic) bond motifs is 1. The lowest BCUT2D eigenvalue weighted by molar-refractivity contribution is 0.615. The van der Waals surface area contributed by atoms with Gasteiger partial charge >= 0.3 is 7.48 Å². The molecule has 0 heterocycles. The molecule has 1 N–H and O–H groups in total. The van der Waals surface area contributed by atoms with E-state index in [0.29, 0.717) is 0 Å². The molecule has 0 atom stereocenters. The Kier molecular flexibility index (Phi) is 2.87. The Balaban J connectivity index is 2.18. The summed E-state index contributed by atoms with van der Waals surface area (Å²) in [6.07, 6.45) is 0. The van der Waals surface area contributed by atoms with Crippen molar-refractivity contribution in [2.45, 2.75) is 0 Å². The van der Waals surface area contributed by atoms with Gasteiger partial charge in [-0.05, 0) is 21.9 Å². The first-order valence-corrected chi connectivity index (χ1v) is 6.06. The third-order valence-corrected chi connectivity index (χ3v) is 3.24. The van der Waals surface area contributed by atoms with E-state index in [0.717, 1.165) is 5.46 Å². The lowest BCUT2D eigenvalue weighted by Gasteiger charge is -2.07. The molecule has 0 aromatic heterocycles. The molecule has 2 heteroatoms. The molecule has 0 unspecified atom stereocenters. The lowest BCUT2D eigenvalue weighted by Crippen LogP contribution is -2.11. The van der Waals surface area contributed by atoms with Crippen LogP contribution in [0, 0.1) is 0 Å². The van der Waals surface area contributed by atoms with Crippen LogP contribution in [0.15, 0.2) is 66.7 Å². The minimum Gasteiger partial charge on any atom is -0.449 e. The van der Waals surface area contributed by atoms with Gasteiger partial charge in [-0.15, -0.1) is 0 Å². The van der Waals surface area contributed by atoms with Gasteiger partial charge in [0.2, 0.25) is 0 Å². The van der Waals surface area contributed by atoms with Gasteiger partial charge in [-0.3, -0.25) is 0 Å². The summed E-state index contributed by atoms with van der Waals surface area (Å²) in [4.78, 5) is 0. The van der Waals surface area contributed by atoms with Crippen LogP contribution >= 0.6 is 0 Å². The highest BCUT2D eigenvalue weighted by Crippen LogP contribution is 2.27. The van der Waals surface area contributed by atoms with E-state index in [9.17, 15) is 0 Å². The first kappa shape index (κ1) is 11.1. The van der Waals surface area contributed by atoms with Gasteiger partial charge in [0.05, 0.1) is 0 Å². The van der Waals surface area contributed by atoms with E-state index in [1.54, 1.807) is 0 Å². The van der Waals surface area contributed by atoms with E-state index in [-0.39, 0.29) is 7.48 Å². The normalized spacial score (nSPS) is 10.5. The quantitative estimate of drug-likeness (QED) is 0.673. The molecular weight excluding hydrogens is 219 g/mol. The van der Waals surface area contributed by atoms with Gasteiger partial charge in [-0.25, -0.2) is 0 Å². The summed E-state index contributed by atoms with van der Waals surface area (Å²) in [7, 11) is 0.0931. The van der Waals surface area contributed by atoms with Gasteiger partial charge in [-0.2, -0.15) is 0 Å². The van der Waals surface area contributed by atoms with Crippen molar-refractivity contribution in [3.63, 3.8) is 0 Å². The van der Waals surface area contributed by atoms with E-state index in [4.69, 9.17) is 5.02 Å². The van der Waals surface area contributed by atoms with Gasteiger partial charge < -0.3 is 5.02 Å². The molecule has 0 radical (unpaired) electrons. The predicted molar refractivity (Wildman–Crippen MR) is 78.4 cm³/mol. The smallest absolute Gasteiger partial charge is 0.304 e. The molecule has 0 aliphatic carbocycles. The molecule has 0 amide bonds. The Bertz CT molecular complexity index is 669. The van der Waals surface area contributed by atoms with Gasteiger partial charge in [0.1, 0.15) is 0 Å². The van der Waals surface area contributed by atoms with Crippen LogP contribution in [0.1, 0.15) is 0 Å². The highest BCUT2D eigenvalue weighted by Gasteiger charge is 2.03. The molecule has 18 heavy (non-hydrogen) atoms. The minimum atomic E-state index is 0.0931. The molecule has 3 rings (SSSR count). The van der Waals surface area contributed by atoms with Crippen LogP contribution in [0.4, 0.5) is 0 Å². The van der Waals surface area contributed by atoms with Crippen LogP contribution in [0.25, 0.3) is 21.9 Å². The van der Waals surface area contributed by atoms with Gasteiger partial charge in [0.15, 0.2) is 0 Å². The maximum absolute atomic E-state index is 9.07. The van der Waals surface area contributed by atoms with E-state index in [1.165, 1.54) is 21.9 Å². The van der Waals surface area contributed by atoms with Gasteiger partial charge in [-0.1, -0.05) is 72.2 Å². The van der Waals surface area contributed by atoms with Crippen molar-refractivity contribution in [2.24, 2.45) is 0 Å². The number of benzene rings is 3. The topological polar surface area (TPSA) is 20.2 Å². The average Bonchev–Trinajstić information content (AvgIpc) is 2.47. The SMILES string of the molecule is OBc1ccc(-c2cccc3ccccc23)cc1. The predicted octanol–water partition coefficient (Wildman–Crippen LogP) is 2.48. The van der Waals surface area contributed by atoms with Crippen molar-refractivity contribution in [1.82, 2.24) is 0 Å². The van der Waals surface area contributed by atoms with Crippen LogP contribution in [0.3, 0.4) is 0 Å². The van der Waals surface area contributed by atoms with Gasteiger partial charge in [0.25, 0.3) is 0 Å². The summed E-state index contributed by atoms with van der Waals surface area (Å²) in [6, 6.07) is 22.8. The Morgan fingerprint density at radius 2 is 1.44 bits per heavy atom. The maximum Gasteiger partial charge on any atom is 0.304 e. The van der Waals surface area contributed by atoms with E-state index in [2.05, 4.69) is 54.6 Å².